The highest BCUT2D eigenvalue weighted by molar-refractivity contribution is 5.82. The van der Waals surface area contributed by atoms with Gasteiger partial charge in [0, 0.05) is 39.4 Å². The highest BCUT2D eigenvalue weighted by Gasteiger charge is 2.32. The number of carbonyl (C=O) groups excluding carboxylic acids is 1. The van der Waals surface area contributed by atoms with Crippen LogP contribution in [0.4, 0.5) is 10.1 Å². The largest absolute Gasteiger partial charge is 0.497 e. The second kappa shape index (κ2) is 11.4. The number of hydrogen-bond donors (Lipinski definition) is 0. The minimum absolute atomic E-state index is 0.0365. The van der Waals surface area contributed by atoms with E-state index in [4.69, 9.17) is 4.74 Å². The van der Waals surface area contributed by atoms with Crippen molar-refractivity contribution in [3.8, 4) is 5.75 Å². The second-order valence-corrected chi connectivity index (χ2v) is 9.41. The first-order chi connectivity index (χ1) is 17.4. The van der Waals surface area contributed by atoms with E-state index < -0.39 is 0 Å². The molecule has 0 radical (unpaired) electrons. The Bertz CT molecular complexity index is 1170. The highest BCUT2D eigenvalue weighted by Crippen LogP contribution is 2.29. The number of methoxy groups -OCH3 is 1. The van der Waals surface area contributed by atoms with E-state index in [0.29, 0.717) is 19.6 Å². The monoisotopic (exact) mass is 487 g/mol. The minimum Gasteiger partial charge on any atom is -0.497 e. The normalized spacial score (nSPS) is 19.5. The molecule has 3 aromatic rings. The predicted octanol–water partition coefficient (Wildman–Crippen LogP) is 5.43. The Morgan fingerprint density at radius 3 is 2.14 bits per heavy atom. The fourth-order valence-corrected chi connectivity index (χ4v) is 4.51. The maximum Gasteiger partial charge on any atom is 0.240 e. The van der Waals surface area contributed by atoms with E-state index in [2.05, 4.69) is 46.2 Å². The van der Waals surface area contributed by atoms with Crippen molar-refractivity contribution in [1.82, 2.24) is 9.80 Å². The Kier molecular flexibility index (Phi) is 8.06. The van der Waals surface area contributed by atoms with Gasteiger partial charge in [0.15, 0.2) is 0 Å². The van der Waals surface area contributed by atoms with Crippen LogP contribution in [0, 0.1) is 5.82 Å². The van der Waals surface area contributed by atoms with E-state index in [1.54, 1.807) is 19.2 Å². The van der Waals surface area contributed by atoms with Crippen LogP contribution >= 0.6 is 0 Å². The van der Waals surface area contributed by atoms with Gasteiger partial charge < -0.3 is 14.5 Å². The van der Waals surface area contributed by atoms with E-state index >= 15 is 0 Å². The summed E-state index contributed by atoms with van der Waals surface area (Å²) in [7, 11) is 5.68. The van der Waals surface area contributed by atoms with E-state index in [0.717, 1.165) is 28.1 Å². The van der Waals surface area contributed by atoms with Crippen molar-refractivity contribution < 1.29 is 13.9 Å². The molecular formula is C30H34FN3O2. The Morgan fingerprint density at radius 2 is 1.53 bits per heavy atom. The molecule has 3 aromatic carbocycles. The Hall–Kier alpha value is -3.64. The average molecular weight is 488 g/mol. The minimum atomic E-state index is -0.329. The maximum absolute atomic E-state index is 14.0. The van der Waals surface area contributed by atoms with Crippen molar-refractivity contribution >= 4 is 11.6 Å². The molecule has 0 fully saturated rings. The number of anilines is 1. The first kappa shape index (κ1) is 25.5. The zero-order chi connectivity index (χ0) is 25.7. The Labute approximate surface area is 213 Å². The van der Waals surface area contributed by atoms with Gasteiger partial charge >= 0.3 is 0 Å². The van der Waals surface area contributed by atoms with Gasteiger partial charge in [0.05, 0.1) is 19.2 Å². The summed E-state index contributed by atoms with van der Waals surface area (Å²) in [6, 6.07) is 22.0. The van der Waals surface area contributed by atoms with Crippen molar-refractivity contribution in [2.45, 2.75) is 32.1 Å². The van der Waals surface area contributed by atoms with Crippen LogP contribution in [-0.4, -0.2) is 49.5 Å². The number of rotatable bonds is 7. The molecule has 0 aliphatic carbocycles. The zero-order valence-electron chi connectivity index (χ0n) is 21.4. The standard InChI is InChI=1S/C30H34FN3O2/c1-22-30(35)34(21-24-7-13-26(31)14-8-24)29(25-11-17-28(36-4)18-12-25)6-5-19-33(22)20-23-9-15-27(16-10-23)32(2)3/h5-18,22,29H,19-21H2,1-4H3/b6-5-/t22-,29?/m1/s1. The predicted molar refractivity (Wildman–Crippen MR) is 142 cm³/mol. The molecule has 0 aromatic heterocycles. The van der Waals surface area contributed by atoms with Gasteiger partial charge in [0.25, 0.3) is 0 Å². The van der Waals surface area contributed by atoms with Crippen LogP contribution in [0.3, 0.4) is 0 Å². The number of benzene rings is 3. The van der Waals surface area contributed by atoms with Gasteiger partial charge in [-0.05, 0) is 60.0 Å². The summed E-state index contributed by atoms with van der Waals surface area (Å²) >= 11 is 0. The number of carbonyl (C=O) groups is 1. The molecule has 1 heterocycles. The van der Waals surface area contributed by atoms with E-state index in [1.807, 2.05) is 50.2 Å². The number of ether oxygens (including phenoxy) is 1. The van der Waals surface area contributed by atoms with Crippen LogP contribution in [0.1, 0.15) is 29.7 Å². The summed E-state index contributed by atoms with van der Waals surface area (Å²) in [6.07, 6.45) is 4.24. The quantitative estimate of drug-likeness (QED) is 0.417. The lowest BCUT2D eigenvalue weighted by Gasteiger charge is -2.38. The van der Waals surface area contributed by atoms with Gasteiger partial charge in [0.2, 0.25) is 5.91 Å². The van der Waals surface area contributed by atoms with Crippen molar-refractivity contribution in [3.05, 3.63) is 107 Å². The maximum atomic E-state index is 14.0. The third-order valence-electron chi connectivity index (χ3n) is 6.74. The molecule has 5 nitrogen and oxygen atoms in total. The molecule has 2 atom stereocenters. The molecular weight excluding hydrogens is 453 g/mol. The summed E-state index contributed by atoms with van der Waals surface area (Å²) in [6.45, 7) is 3.69. The van der Waals surface area contributed by atoms with Crippen molar-refractivity contribution in [2.24, 2.45) is 0 Å². The van der Waals surface area contributed by atoms with E-state index in [-0.39, 0.29) is 23.8 Å². The van der Waals surface area contributed by atoms with Gasteiger partial charge in [-0.1, -0.05) is 48.6 Å². The van der Waals surface area contributed by atoms with Crippen LogP contribution in [0.2, 0.25) is 0 Å². The first-order valence-corrected chi connectivity index (χ1v) is 12.2. The second-order valence-electron chi connectivity index (χ2n) is 9.41. The van der Waals surface area contributed by atoms with Gasteiger partial charge in [0.1, 0.15) is 11.6 Å². The van der Waals surface area contributed by atoms with E-state index in [9.17, 15) is 9.18 Å². The molecule has 1 aliphatic rings. The number of hydrogen-bond acceptors (Lipinski definition) is 4. The number of halogens is 1. The molecule has 0 bridgehead atoms. The molecule has 0 saturated heterocycles. The van der Waals surface area contributed by atoms with Crippen LogP contribution in [-0.2, 0) is 17.9 Å². The molecule has 6 heteroatoms. The van der Waals surface area contributed by atoms with Crippen molar-refractivity contribution in [3.63, 3.8) is 0 Å². The smallest absolute Gasteiger partial charge is 0.240 e. The molecule has 1 aliphatic heterocycles. The molecule has 188 valence electrons. The third-order valence-corrected chi connectivity index (χ3v) is 6.74. The summed E-state index contributed by atoms with van der Waals surface area (Å²) in [5, 5.41) is 0. The molecule has 0 N–H and O–H groups in total. The topological polar surface area (TPSA) is 36.0 Å². The number of nitrogens with zero attached hydrogens (tertiary/aromatic N) is 3. The lowest BCUT2D eigenvalue weighted by molar-refractivity contribution is -0.139. The number of amides is 1. The fourth-order valence-electron chi connectivity index (χ4n) is 4.51. The lowest BCUT2D eigenvalue weighted by Crippen LogP contribution is -2.48. The molecule has 36 heavy (non-hydrogen) atoms. The van der Waals surface area contributed by atoms with Crippen LogP contribution in [0.15, 0.2) is 84.9 Å². The van der Waals surface area contributed by atoms with Crippen molar-refractivity contribution in [1.29, 1.82) is 0 Å². The zero-order valence-corrected chi connectivity index (χ0v) is 21.4. The van der Waals surface area contributed by atoms with Crippen LogP contribution < -0.4 is 9.64 Å². The van der Waals surface area contributed by atoms with E-state index in [1.165, 1.54) is 12.1 Å². The van der Waals surface area contributed by atoms with Crippen LogP contribution in [0.5, 0.6) is 5.75 Å². The lowest BCUT2D eigenvalue weighted by atomic mass is 10.00. The SMILES string of the molecule is COc1ccc(C2/C=C\CN(Cc3ccc(N(C)C)cc3)[C@H](C)C(=O)N2Cc2ccc(F)cc2)cc1. The molecule has 1 unspecified atom stereocenters. The molecule has 4 rings (SSSR count). The van der Waals surface area contributed by atoms with Gasteiger partial charge in [-0.25, -0.2) is 4.39 Å². The van der Waals surface area contributed by atoms with Gasteiger partial charge in [-0.2, -0.15) is 0 Å². The summed E-state index contributed by atoms with van der Waals surface area (Å²) < 4.78 is 18.9. The highest BCUT2D eigenvalue weighted by atomic mass is 19.1. The molecule has 0 saturated carbocycles. The van der Waals surface area contributed by atoms with Crippen molar-refractivity contribution in [2.75, 3.05) is 32.6 Å². The third kappa shape index (κ3) is 5.94. The Morgan fingerprint density at radius 1 is 0.917 bits per heavy atom. The average Bonchev–Trinajstić information content (AvgIpc) is 2.89. The Balaban J connectivity index is 1.64. The fraction of sp³-hybridized carbons (Fsp3) is 0.300. The summed E-state index contributed by atoms with van der Waals surface area (Å²) in [4.78, 5) is 20.1. The van der Waals surface area contributed by atoms with Crippen LogP contribution in [0.25, 0.3) is 0 Å². The summed E-state index contributed by atoms with van der Waals surface area (Å²) in [5.74, 6) is 0.517. The summed E-state index contributed by atoms with van der Waals surface area (Å²) in [5.41, 5.74) is 4.19. The molecule has 1 amide bonds. The van der Waals surface area contributed by atoms with Gasteiger partial charge in [-0.3, -0.25) is 9.69 Å². The molecule has 0 spiro atoms. The first-order valence-electron chi connectivity index (χ1n) is 12.2. The van der Waals surface area contributed by atoms with Gasteiger partial charge in [-0.15, -0.1) is 0 Å².